The Morgan fingerprint density at radius 1 is 1.43 bits per heavy atom. The van der Waals surface area contributed by atoms with Crippen molar-refractivity contribution in [2.24, 2.45) is 0 Å². The largest absolute Gasteiger partial charge is 0.465 e. The summed E-state index contributed by atoms with van der Waals surface area (Å²) in [6, 6.07) is 9.08. The highest BCUT2D eigenvalue weighted by Gasteiger charge is 2.13. The van der Waals surface area contributed by atoms with Gasteiger partial charge in [-0.15, -0.1) is 0 Å². The fourth-order valence-corrected chi connectivity index (χ4v) is 2.11. The van der Waals surface area contributed by atoms with Crippen molar-refractivity contribution in [2.45, 2.75) is 13.0 Å². The fourth-order valence-electron chi connectivity index (χ4n) is 1.91. The molecule has 21 heavy (non-hydrogen) atoms. The third-order valence-corrected chi connectivity index (χ3v) is 3.29. The molecule has 0 spiro atoms. The summed E-state index contributed by atoms with van der Waals surface area (Å²) in [5.74, 6) is 0.0467. The number of anilines is 2. The summed E-state index contributed by atoms with van der Waals surface area (Å²) in [7, 11) is 1.31. The van der Waals surface area contributed by atoms with Crippen LogP contribution in [0.2, 0.25) is 5.02 Å². The first-order valence-electron chi connectivity index (χ1n) is 6.37. The van der Waals surface area contributed by atoms with Crippen LogP contribution in [0, 0.1) is 0 Å². The highest BCUT2D eigenvalue weighted by molar-refractivity contribution is 6.30. The maximum absolute atomic E-state index is 11.6. The molecular formula is C15H16ClN3O2. The summed E-state index contributed by atoms with van der Waals surface area (Å²) >= 11 is 5.98. The average Bonchev–Trinajstić information content (AvgIpc) is 2.48. The summed E-state index contributed by atoms with van der Waals surface area (Å²) in [6.07, 6.45) is 1.43. The molecule has 0 aliphatic rings. The molecule has 0 fully saturated rings. The van der Waals surface area contributed by atoms with Crippen LogP contribution in [0.25, 0.3) is 0 Å². The van der Waals surface area contributed by atoms with Gasteiger partial charge in [0.1, 0.15) is 5.82 Å². The summed E-state index contributed by atoms with van der Waals surface area (Å²) in [5.41, 5.74) is 7.30. The van der Waals surface area contributed by atoms with Crippen molar-refractivity contribution in [1.82, 2.24) is 4.98 Å². The first kappa shape index (κ1) is 15.1. The van der Waals surface area contributed by atoms with E-state index in [4.69, 9.17) is 17.3 Å². The Morgan fingerprint density at radius 3 is 2.86 bits per heavy atom. The number of nitrogen functional groups attached to an aromatic ring is 1. The molecule has 1 atom stereocenters. The van der Waals surface area contributed by atoms with Gasteiger partial charge >= 0.3 is 5.97 Å². The van der Waals surface area contributed by atoms with E-state index in [9.17, 15) is 4.79 Å². The number of nitrogens with two attached hydrogens (primary N) is 1. The first-order valence-corrected chi connectivity index (χ1v) is 6.75. The number of pyridine rings is 1. The Labute approximate surface area is 128 Å². The lowest BCUT2D eigenvalue weighted by Crippen LogP contribution is -2.11. The van der Waals surface area contributed by atoms with Gasteiger partial charge in [0, 0.05) is 11.1 Å². The number of aromatic nitrogens is 1. The minimum absolute atomic E-state index is 0.0229. The van der Waals surface area contributed by atoms with E-state index in [0.29, 0.717) is 10.8 Å². The number of benzene rings is 1. The number of nitrogens with one attached hydrogen (secondary N) is 1. The predicted octanol–water partition coefficient (Wildman–Crippen LogP) is 3.28. The van der Waals surface area contributed by atoms with E-state index < -0.39 is 5.97 Å². The van der Waals surface area contributed by atoms with Crippen molar-refractivity contribution in [3.8, 4) is 0 Å². The maximum Gasteiger partial charge on any atom is 0.340 e. The zero-order valence-corrected chi connectivity index (χ0v) is 12.5. The van der Waals surface area contributed by atoms with Crippen LogP contribution < -0.4 is 11.1 Å². The maximum atomic E-state index is 11.6. The van der Waals surface area contributed by atoms with Crippen LogP contribution >= 0.6 is 11.6 Å². The topological polar surface area (TPSA) is 77.2 Å². The van der Waals surface area contributed by atoms with Gasteiger partial charge in [-0.2, -0.15) is 0 Å². The predicted molar refractivity (Wildman–Crippen MR) is 83.5 cm³/mol. The second kappa shape index (κ2) is 6.45. The molecule has 0 amide bonds. The van der Waals surface area contributed by atoms with Crippen LogP contribution in [0.15, 0.2) is 36.5 Å². The number of esters is 1. The van der Waals surface area contributed by atoms with Gasteiger partial charge in [0.2, 0.25) is 0 Å². The molecule has 0 bridgehead atoms. The lowest BCUT2D eigenvalue weighted by molar-refractivity contribution is 0.0602. The van der Waals surface area contributed by atoms with Crippen LogP contribution in [0.4, 0.5) is 11.5 Å². The molecule has 0 saturated carbocycles. The lowest BCUT2D eigenvalue weighted by Gasteiger charge is -2.16. The number of ether oxygens (including phenoxy) is 1. The van der Waals surface area contributed by atoms with E-state index in [1.165, 1.54) is 13.3 Å². The highest BCUT2D eigenvalue weighted by Crippen LogP contribution is 2.23. The van der Waals surface area contributed by atoms with E-state index >= 15 is 0 Å². The number of methoxy groups -OCH3 is 1. The summed E-state index contributed by atoms with van der Waals surface area (Å²) < 4.78 is 4.69. The Hall–Kier alpha value is -2.27. The van der Waals surface area contributed by atoms with E-state index in [1.807, 2.05) is 31.2 Å². The molecule has 2 rings (SSSR count). The van der Waals surface area contributed by atoms with Gasteiger partial charge in [0.25, 0.3) is 0 Å². The van der Waals surface area contributed by atoms with Crippen molar-refractivity contribution in [3.05, 3.63) is 52.7 Å². The van der Waals surface area contributed by atoms with Gasteiger partial charge in [-0.05, 0) is 30.7 Å². The molecule has 2 aromatic rings. The van der Waals surface area contributed by atoms with Crippen molar-refractivity contribution in [3.63, 3.8) is 0 Å². The first-order chi connectivity index (χ1) is 10.0. The van der Waals surface area contributed by atoms with Crippen LogP contribution in [0.1, 0.15) is 28.9 Å². The van der Waals surface area contributed by atoms with E-state index in [2.05, 4.69) is 15.0 Å². The number of hydrogen-bond acceptors (Lipinski definition) is 5. The zero-order chi connectivity index (χ0) is 15.4. The van der Waals surface area contributed by atoms with Crippen molar-refractivity contribution >= 4 is 29.1 Å². The summed E-state index contributed by atoms with van der Waals surface area (Å²) in [4.78, 5) is 15.8. The van der Waals surface area contributed by atoms with E-state index in [0.717, 1.165) is 5.56 Å². The third-order valence-electron chi connectivity index (χ3n) is 3.05. The SMILES string of the molecule is COC(=O)c1cc(NC(C)c2cccc(Cl)c2)ncc1N. The fraction of sp³-hybridized carbons (Fsp3) is 0.200. The molecule has 1 heterocycles. The summed E-state index contributed by atoms with van der Waals surface area (Å²) in [5, 5.41) is 3.87. The van der Waals surface area contributed by atoms with Gasteiger partial charge in [0.05, 0.1) is 24.6 Å². The number of carbonyl (C=O) groups excluding carboxylic acids is 1. The van der Waals surface area contributed by atoms with Crippen LogP contribution in [0.5, 0.6) is 0 Å². The molecule has 5 nitrogen and oxygen atoms in total. The molecular weight excluding hydrogens is 290 g/mol. The molecule has 1 aromatic heterocycles. The van der Waals surface area contributed by atoms with Gasteiger partial charge in [0.15, 0.2) is 0 Å². The van der Waals surface area contributed by atoms with Crippen LogP contribution in [-0.4, -0.2) is 18.1 Å². The van der Waals surface area contributed by atoms with Crippen LogP contribution in [-0.2, 0) is 4.74 Å². The van der Waals surface area contributed by atoms with Gasteiger partial charge < -0.3 is 15.8 Å². The van der Waals surface area contributed by atoms with Crippen molar-refractivity contribution in [1.29, 1.82) is 0 Å². The van der Waals surface area contributed by atoms with Crippen molar-refractivity contribution < 1.29 is 9.53 Å². The van der Waals surface area contributed by atoms with Gasteiger partial charge in [-0.1, -0.05) is 23.7 Å². The second-order valence-electron chi connectivity index (χ2n) is 4.57. The second-order valence-corrected chi connectivity index (χ2v) is 5.01. The summed E-state index contributed by atoms with van der Waals surface area (Å²) in [6.45, 7) is 1.97. The van der Waals surface area contributed by atoms with Gasteiger partial charge in [-0.3, -0.25) is 0 Å². The lowest BCUT2D eigenvalue weighted by atomic mass is 10.1. The number of hydrogen-bond donors (Lipinski definition) is 2. The Bertz CT molecular complexity index is 661. The number of nitrogens with zero attached hydrogens (tertiary/aromatic N) is 1. The molecule has 0 saturated heterocycles. The van der Waals surface area contributed by atoms with Crippen molar-refractivity contribution in [2.75, 3.05) is 18.2 Å². The normalized spacial score (nSPS) is 11.8. The molecule has 1 aromatic carbocycles. The standard InChI is InChI=1S/C15H16ClN3O2/c1-9(10-4-3-5-11(16)6-10)19-14-7-12(15(20)21-2)13(17)8-18-14/h3-9H,17H2,1-2H3,(H,18,19). The molecule has 0 radical (unpaired) electrons. The Kier molecular flexibility index (Phi) is 4.65. The average molecular weight is 306 g/mol. The van der Waals surface area contributed by atoms with E-state index in [-0.39, 0.29) is 17.3 Å². The quantitative estimate of drug-likeness (QED) is 0.848. The number of carbonyl (C=O) groups is 1. The monoisotopic (exact) mass is 305 g/mol. The minimum atomic E-state index is -0.492. The Morgan fingerprint density at radius 2 is 2.19 bits per heavy atom. The number of halogens is 1. The molecule has 3 N–H and O–H groups in total. The number of rotatable bonds is 4. The molecule has 110 valence electrons. The molecule has 0 aliphatic heterocycles. The smallest absolute Gasteiger partial charge is 0.340 e. The van der Waals surface area contributed by atoms with Crippen LogP contribution in [0.3, 0.4) is 0 Å². The van der Waals surface area contributed by atoms with E-state index in [1.54, 1.807) is 6.07 Å². The third kappa shape index (κ3) is 3.64. The highest BCUT2D eigenvalue weighted by atomic mass is 35.5. The molecule has 6 heteroatoms. The molecule has 1 unspecified atom stereocenters. The molecule has 0 aliphatic carbocycles. The van der Waals surface area contributed by atoms with Gasteiger partial charge in [-0.25, -0.2) is 9.78 Å². The Balaban J connectivity index is 2.21. The minimum Gasteiger partial charge on any atom is -0.465 e. The zero-order valence-electron chi connectivity index (χ0n) is 11.8.